The summed E-state index contributed by atoms with van der Waals surface area (Å²) >= 11 is 0. The number of methoxy groups -OCH3 is 1. The molecule has 0 aliphatic heterocycles. The Hall–Kier alpha value is -2.17. The van der Waals surface area contributed by atoms with Gasteiger partial charge in [0, 0.05) is 5.56 Å². The standard InChI is InChI=1S/C14H11F3O2/c1-18-11-6-4-5-10(9-11)12-7-2-3-8-13(12)19-14(15,16)17/h2-9H,1H3. The van der Waals surface area contributed by atoms with E-state index in [-0.39, 0.29) is 5.75 Å². The first-order chi connectivity index (χ1) is 8.99. The van der Waals surface area contributed by atoms with Crippen LogP contribution in [0.2, 0.25) is 0 Å². The third kappa shape index (κ3) is 3.40. The molecule has 0 saturated carbocycles. The lowest BCUT2D eigenvalue weighted by Crippen LogP contribution is -2.17. The van der Waals surface area contributed by atoms with Crippen molar-refractivity contribution in [2.45, 2.75) is 6.36 Å². The van der Waals surface area contributed by atoms with Crippen molar-refractivity contribution in [3.63, 3.8) is 0 Å². The second-order valence-corrected chi connectivity index (χ2v) is 3.78. The van der Waals surface area contributed by atoms with Crippen LogP contribution in [0.1, 0.15) is 0 Å². The van der Waals surface area contributed by atoms with E-state index in [1.807, 2.05) is 0 Å². The summed E-state index contributed by atoms with van der Waals surface area (Å²) in [5.74, 6) is 0.336. The van der Waals surface area contributed by atoms with Crippen molar-refractivity contribution in [3.05, 3.63) is 48.5 Å². The smallest absolute Gasteiger partial charge is 0.497 e. The van der Waals surface area contributed by atoms with E-state index in [1.165, 1.54) is 19.2 Å². The molecular weight excluding hydrogens is 257 g/mol. The SMILES string of the molecule is COc1cccc(-c2ccccc2OC(F)(F)F)c1. The zero-order chi connectivity index (χ0) is 13.9. The minimum absolute atomic E-state index is 0.233. The number of ether oxygens (including phenoxy) is 2. The van der Waals surface area contributed by atoms with E-state index in [2.05, 4.69) is 4.74 Å². The molecule has 0 heterocycles. The number of para-hydroxylation sites is 1. The number of hydrogen-bond acceptors (Lipinski definition) is 2. The predicted octanol–water partition coefficient (Wildman–Crippen LogP) is 4.26. The zero-order valence-electron chi connectivity index (χ0n) is 10.1. The lowest BCUT2D eigenvalue weighted by molar-refractivity contribution is -0.274. The summed E-state index contributed by atoms with van der Waals surface area (Å²) in [5, 5.41) is 0. The van der Waals surface area contributed by atoms with Gasteiger partial charge in [0.15, 0.2) is 0 Å². The summed E-state index contributed by atoms with van der Waals surface area (Å²) in [6.45, 7) is 0. The van der Waals surface area contributed by atoms with Crippen molar-refractivity contribution in [1.82, 2.24) is 0 Å². The van der Waals surface area contributed by atoms with Crippen LogP contribution in [0, 0.1) is 0 Å². The van der Waals surface area contributed by atoms with E-state index in [9.17, 15) is 13.2 Å². The van der Waals surface area contributed by atoms with Gasteiger partial charge < -0.3 is 9.47 Å². The first-order valence-electron chi connectivity index (χ1n) is 5.49. The third-order valence-electron chi connectivity index (χ3n) is 2.49. The van der Waals surface area contributed by atoms with Crippen LogP contribution in [-0.2, 0) is 0 Å². The minimum atomic E-state index is -4.71. The topological polar surface area (TPSA) is 18.5 Å². The summed E-state index contributed by atoms with van der Waals surface area (Å²) in [6.07, 6.45) is -4.71. The zero-order valence-corrected chi connectivity index (χ0v) is 10.1. The number of alkyl halides is 3. The quantitative estimate of drug-likeness (QED) is 0.828. The van der Waals surface area contributed by atoms with Crippen LogP contribution < -0.4 is 9.47 Å². The lowest BCUT2D eigenvalue weighted by atomic mass is 10.0. The molecule has 2 rings (SSSR count). The lowest BCUT2D eigenvalue weighted by Gasteiger charge is -2.13. The monoisotopic (exact) mass is 268 g/mol. The van der Waals surface area contributed by atoms with E-state index < -0.39 is 6.36 Å². The molecule has 2 aromatic rings. The molecule has 0 radical (unpaired) electrons. The Morgan fingerprint density at radius 2 is 1.68 bits per heavy atom. The Bertz CT molecular complexity index is 565. The second-order valence-electron chi connectivity index (χ2n) is 3.78. The molecule has 0 N–H and O–H groups in total. The molecule has 0 unspecified atom stereocenters. The van der Waals surface area contributed by atoms with Gasteiger partial charge in [-0.25, -0.2) is 0 Å². The normalized spacial score (nSPS) is 11.2. The van der Waals surface area contributed by atoms with E-state index in [4.69, 9.17) is 4.74 Å². The molecule has 0 saturated heterocycles. The Morgan fingerprint density at radius 3 is 2.37 bits per heavy atom. The van der Waals surface area contributed by atoms with Crippen molar-refractivity contribution in [1.29, 1.82) is 0 Å². The Balaban J connectivity index is 2.44. The third-order valence-corrected chi connectivity index (χ3v) is 2.49. The molecule has 19 heavy (non-hydrogen) atoms. The van der Waals surface area contributed by atoms with Crippen molar-refractivity contribution in [3.8, 4) is 22.6 Å². The molecule has 0 atom stereocenters. The predicted molar refractivity (Wildman–Crippen MR) is 65.1 cm³/mol. The first-order valence-corrected chi connectivity index (χ1v) is 5.49. The number of hydrogen-bond donors (Lipinski definition) is 0. The Morgan fingerprint density at radius 1 is 0.947 bits per heavy atom. The van der Waals surface area contributed by atoms with Crippen molar-refractivity contribution in [2.75, 3.05) is 7.11 Å². The molecule has 0 bridgehead atoms. The molecule has 2 aromatic carbocycles. The van der Waals surface area contributed by atoms with E-state index in [1.54, 1.807) is 36.4 Å². The van der Waals surface area contributed by atoms with Crippen molar-refractivity contribution >= 4 is 0 Å². The van der Waals surface area contributed by atoms with E-state index in [0.717, 1.165) is 0 Å². The van der Waals surface area contributed by atoms with Crippen molar-refractivity contribution < 1.29 is 22.6 Å². The Kier molecular flexibility index (Phi) is 3.64. The fourth-order valence-electron chi connectivity index (χ4n) is 1.71. The van der Waals surface area contributed by atoms with E-state index in [0.29, 0.717) is 16.9 Å². The summed E-state index contributed by atoms with van der Waals surface area (Å²) in [7, 11) is 1.50. The van der Waals surface area contributed by atoms with Gasteiger partial charge in [0.25, 0.3) is 0 Å². The summed E-state index contributed by atoms with van der Waals surface area (Å²) in [5.41, 5.74) is 0.956. The van der Waals surface area contributed by atoms with Crippen LogP contribution in [0.3, 0.4) is 0 Å². The van der Waals surface area contributed by atoms with Crippen LogP contribution in [0.25, 0.3) is 11.1 Å². The second kappa shape index (κ2) is 5.22. The van der Waals surface area contributed by atoms with Gasteiger partial charge in [0.1, 0.15) is 11.5 Å². The largest absolute Gasteiger partial charge is 0.573 e. The van der Waals surface area contributed by atoms with Crippen LogP contribution in [0.15, 0.2) is 48.5 Å². The highest BCUT2D eigenvalue weighted by molar-refractivity contribution is 5.71. The number of benzene rings is 2. The number of halogens is 3. The Labute approximate surface area is 108 Å². The molecule has 0 aromatic heterocycles. The van der Waals surface area contributed by atoms with Gasteiger partial charge in [0.05, 0.1) is 7.11 Å². The molecule has 0 spiro atoms. The molecule has 100 valence electrons. The highest BCUT2D eigenvalue weighted by atomic mass is 19.4. The molecular formula is C14H11F3O2. The van der Waals surface area contributed by atoms with Crippen molar-refractivity contribution in [2.24, 2.45) is 0 Å². The van der Waals surface area contributed by atoms with Gasteiger partial charge >= 0.3 is 6.36 Å². The van der Waals surface area contributed by atoms with Crippen LogP contribution in [0.4, 0.5) is 13.2 Å². The summed E-state index contributed by atoms with van der Waals surface area (Å²) < 4.78 is 46.1. The molecule has 2 nitrogen and oxygen atoms in total. The average Bonchev–Trinajstić information content (AvgIpc) is 2.37. The van der Waals surface area contributed by atoms with E-state index >= 15 is 0 Å². The molecule has 0 fully saturated rings. The van der Waals surface area contributed by atoms with Gasteiger partial charge in [-0.2, -0.15) is 0 Å². The highest BCUT2D eigenvalue weighted by Gasteiger charge is 2.32. The first kappa shape index (κ1) is 13.3. The van der Waals surface area contributed by atoms with Gasteiger partial charge in [-0.1, -0.05) is 30.3 Å². The maximum Gasteiger partial charge on any atom is 0.573 e. The maximum absolute atomic E-state index is 12.3. The molecule has 0 aliphatic carbocycles. The van der Waals surface area contributed by atoms with Crippen LogP contribution >= 0.6 is 0 Å². The van der Waals surface area contributed by atoms with Crippen LogP contribution in [0.5, 0.6) is 11.5 Å². The summed E-state index contributed by atoms with van der Waals surface area (Å²) in [4.78, 5) is 0. The molecule has 5 heteroatoms. The molecule has 0 amide bonds. The molecule has 0 aliphatic rings. The fraction of sp³-hybridized carbons (Fsp3) is 0.143. The average molecular weight is 268 g/mol. The number of rotatable bonds is 3. The fourth-order valence-corrected chi connectivity index (χ4v) is 1.71. The van der Waals surface area contributed by atoms with Gasteiger partial charge in [-0.3, -0.25) is 0 Å². The van der Waals surface area contributed by atoms with Gasteiger partial charge in [-0.15, -0.1) is 13.2 Å². The highest BCUT2D eigenvalue weighted by Crippen LogP contribution is 2.34. The maximum atomic E-state index is 12.3. The van der Waals surface area contributed by atoms with Gasteiger partial charge in [-0.05, 0) is 23.8 Å². The minimum Gasteiger partial charge on any atom is -0.497 e. The summed E-state index contributed by atoms with van der Waals surface area (Å²) in [6, 6.07) is 12.8. The van der Waals surface area contributed by atoms with Gasteiger partial charge in [0.2, 0.25) is 0 Å². The van der Waals surface area contributed by atoms with Crippen LogP contribution in [-0.4, -0.2) is 13.5 Å².